The lowest BCUT2D eigenvalue weighted by molar-refractivity contribution is 0.179. The van der Waals surface area contributed by atoms with Gasteiger partial charge in [0.2, 0.25) is 0 Å². The van der Waals surface area contributed by atoms with E-state index in [1.54, 1.807) is 0 Å². The maximum absolute atomic E-state index is 5.95. The molecular formula is C13H19NO. The van der Waals surface area contributed by atoms with Gasteiger partial charge in [-0.2, -0.15) is 0 Å². The first-order valence-corrected chi connectivity index (χ1v) is 5.85. The molecule has 0 aromatic heterocycles. The van der Waals surface area contributed by atoms with E-state index >= 15 is 0 Å². The van der Waals surface area contributed by atoms with Crippen LogP contribution in [0.15, 0.2) is 24.3 Å². The largest absolute Gasteiger partial charge is 0.488 e. The van der Waals surface area contributed by atoms with Gasteiger partial charge in [0, 0.05) is 5.56 Å². The molecule has 82 valence electrons. The van der Waals surface area contributed by atoms with Crippen LogP contribution >= 0.6 is 0 Å². The topological polar surface area (TPSA) is 21.3 Å². The second-order valence-electron chi connectivity index (χ2n) is 4.02. The minimum Gasteiger partial charge on any atom is -0.488 e. The zero-order chi connectivity index (χ0) is 10.7. The number of likely N-dealkylation sites (N-methyl/N-ethyl adjacent to an activating group) is 1. The standard InChI is InChI=1S/C13H19NO/c1-3-7-12-13(14-4-2)10-8-5-6-9-11(10)15-12/h5-6,8-9,12-14H,3-4,7H2,1-2H3. The first-order valence-electron chi connectivity index (χ1n) is 5.85. The Kier molecular flexibility index (Phi) is 3.27. The van der Waals surface area contributed by atoms with Gasteiger partial charge in [-0.25, -0.2) is 0 Å². The maximum atomic E-state index is 5.95. The predicted octanol–water partition coefficient (Wildman–Crippen LogP) is 2.90. The van der Waals surface area contributed by atoms with Crippen molar-refractivity contribution in [2.75, 3.05) is 6.54 Å². The average molecular weight is 205 g/mol. The van der Waals surface area contributed by atoms with Crippen LogP contribution in [-0.2, 0) is 0 Å². The van der Waals surface area contributed by atoms with Crippen LogP contribution in [0.25, 0.3) is 0 Å². The van der Waals surface area contributed by atoms with E-state index < -0.39 is 0 Å². The highest BCUT2D eigenvalue weighted by Gasteiger charge is 2.32. The first kappa shape index (κ1) is 10.5. The predicted molar refractivity (Wildman–Crippen MR) is 62.2 cm³/mol. The van der Waals surface area contributed by atoms with Crippen molar-refractivity contribution in [3.63, 3.8) is 0 Å². The molecule has 1 aliphatic heterocycles. The van der Waals surface area contributed by atoms with Crippen molar-refractivity contribution in [3.05, 3.63) is 29.8 Å². The van der Waals surface area contributed by atoms with E-state index in [1.165, 1.54) is 12.0 Å². The second kappa shape index (κ2) is 4.67. The van der Waals surface area contributed by atoms with Crippen molar-refractivity contribution in [1.29, 1.82) is 0 Å². The molecule has 2 rings (SSSR count). The van der Waals surface area contributed by atoms with Crippen molar-refractivity contribution in [3.8, 4) is 5.75 Å². The van der Waals surface area contributed by atoms with Gasteiger partial charge in [0.15, 0.2) is 0 Å². The molecule has 1 heterocycles. The molecule has 0 bridgehead atoms. The lowest BCUT2D eigenvalue weighted by Gasteiger charge is -2.18. The summed E-state index contributed by atoms with van der Waals surface area (Å²) in [4.78, 5) is 0. The fraction of sp³-hybridized carbons (Fsp3) is 0.538. The van der Waals surface area contributed by atoms with Crippen molar-refractivity contribution < 1.29 is 4.74 Å². The van der Waals surface area contributed by atoms with Gasteiger partial charge in [-0.15, -0.1) is 0 Å². The molecule has 0 spiro atoms. The lowest BCUT2D eigenvalue weighted by Crippen LogP contribution is -2.30. The highest BCUT2D eigenvalue weighted by molar-refractivity contribution is 5.40. The fourth-order valence-electron chi connectivity index (χ4n) is 2.25. The van der Waals surface area contributed by atoms with Gasteiger partial charge in [-0.1, -0.05) is 38.5 Å². The smallest absolute Gasteiger partial charge is 0.124 e. The Morgan fingerprint density at radius 2 is 2.07 bits per heavy atom. The van der Waals surface area contributed by atoms with Crippen molar-refractivity contribution >= 4 is 0 Å². The normalized spacial score (nSPS) is 23.6. The number of benzene rings is 1. The zero-order valence-electron chi connectivity index (χ0n) is 9.49. The van der Waals surface area contributed by atoms with E-state index in [4.69, 9.17) is 4.74 Å². The number of rotatable bonds is 4. The molecule has 0 radical (unpaired) electrons. The molecule has 2 heteroatoms. The minimum atomic E-state index is 0.312. The maximum Gasteiger partial charge on any atom is 0.124 e. The van der Waals surface area contributed by atoms with Gasteiger partial charge < -0.3 is 10.1 Å². The van der Waals surface area contributed by atoms with E-state index in [1.807, 2.05) is 6.07 Å². The molecule has 1 aromatic rings. The van der Waals surface area contributed by atoms with E-state index in [2.05, 4.69) is 37.4 Å². The van der Waals surface area contributed by atoms with E-state index in [9.17, 15) is 0 Å². The summed E-state index contributed by atoms with van der Waals surface area (Å²) in [7, 11) is 0. The Bertz CT molecular complexity index is 324. The number of ether oxygens (including phenoxy) is 1. The molecule has 0 saturated heterocycles. The Balaban J connectivity index is 2.21. The second-order valence-corrected chi connectivity index (χ2v) is 4.02. The Hall–Kier alpha value is -1.02. The molecule has 15 heavy (non-hydrogen) atoms. The highest BCUT2D eigenvalue weighted by atomic mass is 16.5. The molecule has 0 fully saturated rings. The van der Waals surface area contributed by atoms with Gasteiger partial charge in [0.05, 0.1) is 6.04 Å². The number of para-hydroxylation sites is 1. The molecule has 1 aromatic carbocycles. The van der Waals surface area contributed by atoms with Gasteiger partial charge in [0.1, 0.15) is 11.9 Å². The summed E-state index contributed by atoms with van der Waals surface area (Å²) in [6, 6.07) is 8.73. The molecule has 0 aliphatic carbocycles. The summed E-state index contributed by atoms with van der Waals surface area (Å²) in [5.41, 5.74) is 1.32. The van der Waals surface area contributed by atoms with E-state index in [-0.39, 0.29) is 0 Å². The number of nitrogens with one attached hydrogen (secondary N) is 1. The number of fused-ring (bicyclic) bond motifs is 1. The van der Waals surface area contributed by atoms with Gasteiger partial charge in [-0.3, -0.25) is 0 Å². The summed E-state index contributed by atoms with van der Waals surface area (Å²) in [5, 5.41) is 3.51. The Morgan fingerprint density at radius 1 is 1.27 bits per heavy atom. The summed E-state index contributed by atoms with van der Waals surface area (Å²) in [5.74, 6) is 1.06. The first-order chi connectivity index (χ1) is 7.36. The average Bonchev–Trinajstić information content (AvgIpc) is 2.59. The van der Waals surface area contributed by atoms with Crippen LogP contribution in [-0.4, -0.2) is 12.6 Å². The van der Waals surface area contributed by atoms with Gasteiger partial charge in [0.25, 0.3) is 0 Å². The molecule has 2 atom stereocenters. The number of hydrogen-bond donors (Lipinski definition) is 1. The molecule has 0 saturated carbocycles. The third-order valence-electron chi connectivity index (χ3n) is 2.90. The van der Waals surface area contributed by atoms with E-state index in [0.29, 0.717) is 12.1 Å². The van der Waals surface area contributed by atoms with Crippen LogP contribution in [0.1, 0.15) is 38.3 Å². The minimum absolute atomic E-state index is 0.312. The molecule has 1 N–H and O–H groups in total. The van der Waals surface area contributed by atoms with Crippen LogP contribution in [0.5, 0.6) is 5.75 Å². The van der Waals surface area contributed by atoms with Gasteiger partial charge >= 0.3 is 0 Å². The Morgan fingerprint density at radius 3 is 2.80 bits per heavy atom. The van der Waals surface area contributed by atoms with Crippen molar-refractivity contribution in [2.24, 2.45) is 0 Å². The molecule has 2 nitrogen and oxygen atoms in total. The highest BCUT2D eigenvalue weighted by Crippen LogP contribution is 2.37. The van der Waals surface area contributed by atoms with Crippen LogP contribution in [0.3, 0.4) is 0 Å². The van der Waals surface area contributed by atoms with Gasteiger partial charge in [-0.05, 0) is 19.0 Å². The third-order valence-corrected chi connectivity index (χ3v) is 2.90. The lowest BCUT2D eigenvalue weighted by atomic mass is 10.0. The molecule has 2 unspecified atom stereocenters. The summed E-state index contributed by atoms with van der Waals surface area (Å²) >= 11 is 0. The Labute approximate surface area is 91.6 Å². The quantitative estimate of drug-likeness (QED) is 0.816. The van der Waals surface area contributed by atoms with Crippen LogP contribution in [0.2, 0.25) is 0 Å². The van der Waals surface area contributed by atoms with E-state index in [0.717, 1.165) is 18.7 Å². The summed E-state index contributed by atoms with van der Waals surface area (Å²) < 4.78 is 5.95. The van der Waals surface area contributed by atoms with Crippen LogP contribution in [0.4, 0.5) is 0 Å². The molecule has 0 amide bonds. The SMILES string of the molecule is CCCC1Oc2ccccc2C1NCC. The summed E-state index contributed by atoms with van der Waals surface area (Å²) in [6.07, 6.45) is 2.60. The van der Waals surface area contributed by atoms with Crippen LogP contribution in [0, 0.1) is 0 Å². The molecular weight excluding hydrogens is 186 g/mol. The molecule has 1 aliphatic rings. The fourth-order valence-corrected chi connectivity index (χ4v) is 2.25. The zero-order valence-corrected chi connectivity index (χ0v) is 9.49. The third kappa shape index (κ3) is 2.00. The van der Waals surface area contributed by atoms with Crippen molar-refractivity contribution in [1.82, 2.24) is 5.32 Å². The monoisotopic (exact) mass is 205 g/mol. The van der Waals surface area contributed by atoms with Crippen molar-refractivity contribution in [2.45, 2.75) is 38.8 Å². The summed E-state index contributed by atoms with van der Waals surface area (Å²) in [6.45, 7) is 5.34. The number of hydrogen-bond acceptors (Lipinski definition) is 2. The van der Waals surface area contributed by atoms with Crippen LogP contribution < -0.4 is 10.1 Å².